The quantitative estimate of drug-likeness (QED) is 0.256. The Morgan fingerprint density at radius 2 is 2.56 bits per heavy atom. The first-order valence-electron chi connectivity index (χ1n) is 2.12. The van der Waals surface area contributed by atoms with Crippen LogP contribution in [0.25, 0.3) is 0 Å². The predicted octanol–water partition coefficient (Wildman–Crippen LogP) is -2.26. The third-order valence-corrected chi connectivity index (χ3v) is 0.778. The van der Waals surface area contributed by atoms with Crippen molar-refractivity contribution in [1.82, 2.24) is 9.90 Å². The van der Waals surface area contributed by atoms with Crippen LogP contribution in [0.3, 0.4) is 0 Å². The normalized spacial score (nSPS) is 9.33. The Bertz CT molecular complexity index is 272. The van der Waals surface area contributed by atoms with Crippen LogP contribution in [0.4, 0.5) is 0 Å². The molecule has 0 unspecified atom stereocenters. The standard InChI is InChI=1S/C3H3N3O3/c7-2-5-4-3(8)1-6(5)9/h1-2H,(H-,4,8,9)/p+1. The van der Waals surface area contributed by atoms with Gasteiger partial charge in [-0.2, -0.15) is 0 Å². The van der Waals surface area contributed by atoms with Crippen molar-refractivity contribution in [2.75, 3.05) is 0 Å². The number of H-pyrrole nitrogens is 1. The molecule has 0 spiro atoms. The summed E-state index contributed by atoms with van der Waals surface area (Å²) in [4.78, 5) is 21.1. The second-order valence-electron chi connectivity index (χ2n) is 1.38. The Labute approximate surface area is 48.9 Å². The smallest absolute Gasteiger partial charge is 0.331 e. The molecule has 6 nitrogen and oxygen atoms in total. The topological polar surface area (TPSA) is 79.0 Å². The van der Waals surface area contributed by atoms with Crippen molar-refractivity contribution >= 4 is 6.41 Å². The van der Waals surface area contributed by atoms with Crippen LogP contribution in [0.5, 0.6) is 0 Å². The first kappa shape index (κ1) is 5.54. The summed E-state index contributed by atoms with van der Waals surface area (Å²) in [5.74, 6) is 0. The molecule has 0 saturated heterocycles. The first-order chi connectivity index (χ1) is 4.24. The van der Waals surface area contributed by atoms with Crippen molar-refractivity contribution in [3.05, 3.63) is 16.6 Å². The molecule has 1 heterocycles. The van der Waals surface area contributed by atoms with Gasteiger partial charge in [-0.25, -0.2) is 4.79 Å². The van der Waals surface area contributed by atoms with E-state index in [1.54, 1.807) is 0 Å². The molecule has 48 valence electrons. The predicted molar refractivity (Wildman–Crippen MR) is 24.6 cm³/mol. The number of carbonyl (C=O) groups excluding carboxylic acids is 1. The van der Waals surface area contributed by atoms with Crippen LogP contribution in [-0.2, 0) is 4.79 Å². The van der Waals surface area contributed by atoms with Crippen LogP contribution in [0.15, 0.2) is 11.0 Å². The fraction of sp³-hybridized carbons (Fsp3) is 0. The van der Waals surface area contributed by atoms with Crippen molar-refractivity contribution in [2.24, 2.45) is 0 Å². The number of nitrogens with zero attached hydrogens (tertiary/aromatic N) is 2. The molecule has 2 N–H and O–H groups in total. The van der Waals surface area contributed by atoms with Crippen molar-refractivity contribution < 1.29 is 14.8 Å². The third-order valence-electron chi connectivity index (χ3n) is 0.778. The van der Waals surface area contributed by atoms with Gasteiger partial charge in [-0.1, -0.05) is 0 Å². The minimum atomic E-state index is -0.537. The largest absolute Gasteiger partial charge is 0.395 e. The Hall–Kier alpha value is -1.59. The average molecular weight is 130 g/mol. The zero-order chi connectivity index (χ0) is 6.85. The highest BCUT2D eigenvalue weighted by atomic mass is 16.5. The first-order valence-corrected chi connectivity index (χ1v) is 2.12. The molecule has 1 rings (SSSR count). The Morgan fingerprint density at radius 1 is 1.89 bits per heavy atom. The van der Waals surface area contributed by atoms with Gasteiger partial charge in [0.05, 0.1) is 0 Å². The molecule has 0 aliphatic heterocycles. The van der Waals surface area contributed by atoms with E-state index in [-0.39, 0.29) is 6.41 Å². The maximum atomic E-state index is 10.3. The molecule has 0 radical (unpaired) electrons. The second-order valence-corrected chi connectivity index (χ2v) is 1.38. The maximum absolute atomic E-state index is 10.3. The summed E-state index contributed by atoms with van der Waals surface area (Å²) in [6.45, 7) is 0. The fourth-order valence-corrected chi connectivity index (χ4v) is 0.435. The molecule has 0 atom stereocenters. The Balaban J connectivity index is 3.31. The highest BCUT2D eigenvalue weighted by Crippen LogP contribution is 1.52. The highest BCUT2D eigenvalue weighted by Gasteiger charge is 2.04. The van der Waals surface area contributed by atoms with E-state index < -0.39 is 5.56 Å². The third kappa shape index (κ3) is 0.809. The summed E-state index contributed by atoms with van der Waals surface area (Å²) in [7, 11) is 0. The molecule has 0 aliphatic carbocycles. The lowest BCUT2D eigenvalue weighted by Crippen LogP contribution is -2.40. The second kappa shape index (κ2) is 1.73. The van der Waals surface area contributed by atoms with Crippen molar-refractivity contribution in [3.63, 3.8) is 0 Å². The average Bonchev–Trinajstić information content (AvgIpc) is 2.10. The number of carbonyl (C=O) groups is 1. The van der Waals surface area contributed by atoms with E-state index in [9.17, 15) is 9.59 Å². The lowest BCUT2D eigenvalue weighted by Gasteiger charge is -1.79. The summed E-state index contributed by atoms with van der Waals surface area (Å²) in [6.07, 6.45) is 1.09. The summed E-state index contributed by atoms with van der Waals surface area (Å²) < 4.78 is 0. The number of hydrogen-bond donors (Lipinski definition) is 2. The van der Waals surface area contributed by atoms with Crippen LogP contribution >= 0.6 is 0 Å². The number of hydrogen-bond acceptors (Lipinski definition) is 3. The molecule has 0 amide bonds. The zero-order valence-electron chi connectivity index (χ0n) is 4.31. The molecular weight excluding hydrogens is 126 g/mol. The summed E-state index contributed by atoms with van der Waals surface area (Å²) in [5, 5.41) is 10.5. The van der Waals surface area contributed by atoms with Gasteiger partial charge in [-0.05, 0) is 0 Å². The zero-order valence-corrected chi connectivity index (χ0v) is 4.31. The van der Waals surface area contributed by atoms with Gasteiger partial charge in [0.2, 0.25) is 0 Å². The lowest BCUT2D eigenvalue weighted by atomic mass is 10.9. The van der Waals surface area contributed by atoms with Crippen molar-refractivity contribution in [2.45, 2.75) is 0 Å². The summed E-state index contributed by atoms with van der Waals surface area (Å²) in [6, 6.07) is 0. The minimum Gasteiger partial charge on any atom is -0.331 e. The molecule has 6 heteroatoms. The Kier molecular flexibility index (Phi) is 1.07. The van der Waals surface area contributed by atoms with Crippen LogP contribution in [0.2, 0.25) is 0 Å². The van der Waals surface area contributed by atoms with Crippen molar-refractivity contribution in [1.29, 1.82) is 0 Å². The molecule has 0 aliphatic rings. The van der Waals surface area contributed by atoms with Gasteiger partial charge in [0.25, 0.3) is 12.6 Å². The number of nitrogens with one attached hydrogen (secondary N) is 1. The van der Waals surface area contributed by atoms with E-state index in [0.717, 1.165) is 6.20 Å². The van der Waals surface area contributed by atoms with E-state index >= 15 is 0 Å². The number of rotatable bonds is 1. The molecule has 9 heavy (non-hydrogen) atoms. The van der Waals surface area contributed by atoms with Crippen LogP contribution in [0, 0.1) is 0 Å². The molecule has 1 aromatic heterocycles. The maximum Gasteiger partial charge on any atom is 0.395 e. The molecular formula is C3H4N3O3+. The monoisotopic (exact) mass is 130 g/mol. The molecule has 0 saturated carbocycles. The van der Waals surface area contributed by atoms with Crippen LogP contribution in [-0.4, -0.2) is 21.5 Å². The SMILES string of the molecule is O=Cn1[nH]c(=O)c[n+]1O. The number of aromatic nitrogens is 3. The minimum absolute atomic E-state index is 0.265. The number of aromatic amines is 1. The summed E-state index contributed by atoms with van der Waals surface area (Å²) >= 11 is 0. The van der Waals surface area contributed by atoms with E-state index in [0.29, 0.717) is 9.64 Å². The van der Waals surface area contributed by atoms with Crippen molar-refractivity contribution in [3.8, 4) is 0 Å². The van der Waals surface area contributed by atoms with Crippen LogP contribution in [0.1, 0.15) is 0 Å². The van der Waals surface area contributed by atoms with Gasteiger partial charge in [0, 0.05) is 9.64 Å². The van der Waals surface area contributed by atoms with E-state index in [2.05, 4.69) is 0 Å². The van der Waals surface area contributed by atoms with Gasteiger partial charge in [0.1, 0.15) is 0 Å². The fourth-order valence-electron chi connectivity index (χ4n) is 0.435. The van der Waals surface area contributed by atoms with Gasteiger partial charge in [0.15, 0.2) is 0 Å². The van der Waals surface area contributed by atoms with E-state index in [4.69, 9.17) is 5.21 Å². The van der Waals surface area contributed by atoms with Crippen LogP contribution < -0.4 is 10.4 Å². The van der Waals surface area contributed by atoms with Gasteiger partial charge in [-0.15, -0.1) is 5.10 Å². The Morgan fingerprint density at radius 3 is 2.78 bits per heavy atom. The molecule has 1 aromatic rings. The van der Waals surface area contributed by atoms with Gasteiger partial charge in [-0.3, -0.25) is 4.79 Å². The van der Waals surface area contributed by atoms with E-state index in [1.165, 1.54) is 0 Å². The highest BCUT2D eigenvalue weighted by molar-refractivity contribution is 5.46. The van der Waals surface area contributed by atoms with Gasteiger partial charge >= 0.3 is 5.56 Å². The van der Waals surface area contributed by atoms with Gasteiger partial charge < -0.3 is 5.21 Å². The van der Waals surface area contributed by atoms with E-state index in [1.807, 2.05) is 5.10 Å². The summed E-state index contributed by atoms with van der Waals surface area (Å²) in [5.41, 5.74) is -0.537. The molecule has 0 bridgehead atoms. The molecule has 0 aromatic carbocycles. The molecule has 0 fully saturated rings. The lowest BCUT2D eigenvalue weighted by molar-refractivity contribution is -0.958.